The molecule has 2 aliphatic rings. The third kappa shape index (κ3) is 3.38. The van der Waals surface area contributed by atoms with Crippen molar-refractivity contribution < 1.29 is 9.53 Å². The molecular weight excluding hydrogens is 330 g/mol. The molecule has 138 valence electrons. The Kier molecular flexibility index (Phi) is 4.53. The molecule has 1 atom stereocenters. The molecule has 1 fully saturated rings. The number of ether oxygens (including phenoxy) is 1. The molecule has 2 amide bonds. The molecule has 7 heteroatoms. The molecule has 0 radical (unpaired) electrons. The van der Waals surface area contributed by atoms with Crippen LogP contribution in [0.15, 0.2) is 24.3 Å². The van der Waals surface area contributed by atoms with Gasteiger partial charge in [0, 0.05) is 25.6 Å². The Bertz CT molecular complexity index is 799. The number of carbonyl (C=O) groups excluding carboxylic acids is 1. The van der Waals surface area contributed by atoms with Gasteiger partial charge in [-0.25, -0.2) is 4.79 Å². The highest BCUT2D eigenvalue weighted by atomic mass is 16.5. The summed E-state index contributed by atoms with van der Waals surface area (Å²) in [4.78, 5) is 14.4. The van der Waals surface area contributed by atoms with Crippen molar-refractivity contribution in [3.8, 4) is 5.75 Å². The predicted octanol–water partition coefficient (Wildman–Crippen LogP) is 2.75. The van der Waals surface area contributed by atoms with Crippen molar-refractivity contribution in [2.75, 3.05) is 13.7 Å². The van der Waals surface area contributed by atoms with Gasteiger partial charge in [-0.3, -0.25) is 0 Å². The van der Waals surface area contributed by atoms with Gasteiger partial charge in [-0.15, -0.1) is 10.2 Å². The van der Waals surface area contributed by atoms with E-state index in [1.807, 2.05) is 35.9 Å². The number of amides is 2. The summed E-state index contributed by atoms with van der Waals surface area (Å²) in [7, 11) is 3.77. The van der Waals surface area contributed by atoms with Crippen LogP contribution >= 0.6 is 0 Å². The molecule has 1 N–H and O–H groups in total. The van der Waals surface area contributed by atoms with Gasteiger partial charge in [0.1, 0.15) is 11.6 Å². The van der Waals surface area contributed by atoms with Crippen LogP contribution in [0.5, 0.6) is 5.75 Å². The monoisotopic (exact) mass is 355 g/mol. The first-order chi connectivity index (χ1) is 12.6. The molecule has 0 unspecified atom stereocenters. The average Bonchev–Trinajstić information content (AvgIpc) is 3.44. The Morgan fingerprint density at radius 3 is 2.92 bits per heavy atom. The van der Waals surface area contributed by atoms with Gasteiger partial charge in [-0.1, -0.05) is 18.2 Å². The lowest BCUT2D eigenvalue weighted by Crippen LogP contribution is -2.39. The Morgan fingerprint density at radius 1 is 1.31 bits per heavy atom. The Balaban J connectivity index is 1.43. The maximum absolute atomic E-state index is 12.7. The fraction of sp³-hybridized carbons (Fsp3) is 0.526. The van der Waals surface area contributed by atoms with E-state index < -0.39 is 0 Å². The Morgan fingerprint density at radius 2 is 2.12 bits per heavy atom. The van der Waals surface area contributed by atoms with E-state index in [4.69, 9.17) is 4.74 Å². The van der Waals surface area contributed by atoms with E-state index in [1.165, 1.54) is 12.8 Å². The summed E-state index contributed by atoms with van der Waals surface area (Å²) in [5.41, 5.74) is 1.04. The number of rotatable bonds is 4. The van der Waals surface area contributed by atoms with E-state index in [0.717, 1.165) is 35.8 Å². The van der Waals surface area contributed by atoms with Gasteiger partial charge in [0.15, 0.2) is 5.82 Å². The van der Waals surface area contributed by atoms with E-state index in [2.05, 4.69) is 15.5 Å². The SMILES string of the molecule is CN(Cc1nnc(C2CC2)n1C)C(=O)N[C@H]1CCCOc2ccccc21. The molecule has 0 bridgehead atoms. The Hall–Kier alpha value is -2.57. The van der Waals surface area contributed by atoms with Crippen molar-refractivity contribution in [2.24, 2.45) is 7.05 Å². The normalized spacial score (nSPS) is 19.2. The third-order valence-corrected chi connectivity index (χ3v) is 5.15. The number of hydrogen-bond donors (Lipinski definition) is 1. The van der Waals surface area contributed by atoms with Crippen LogP contribution < -0.4 is 10.1 Å². The van der Waals surface area contributed by atoms with Crippen LogP contribution in [0.1, 0.15) is 54.9 Å². The molecule has 0 spiro atoms. The Labute approximate surface area is 153 Å². The number of aromatic nitrogens is 3. The first-order valence-electron chi connectivity index (χ1n) is 9.25. The summed E-state index contributed by atoms with van der Waals surface area (Å²) >= 11 is 0. The molecule has 1 saturated carbocycles. The van der Waals surface area contributed by atoms with Gasteiger partial charge < -0.3 is 19.5 Å². The lowest BCUT2D eigenvalue weighted by Gasteiger charge is -2.23. The molecule has 2 aromatic rings. The van der Waals surface area contributed by atoms with E-state index in [0.29, 0.717) is 19.1 Å². The largest absolute Gasteiger partial charge is 0.493 e. The molecule has 1 aromatic heterocycles. The number of urea groups is 1. The van der Waals surface area contributed by atoms with Gasteiger partial charge in [-0.05, 0) is 31.7 Å². The number of hydrogen-bond acceptors (Lipinski definition) is 4. The van der Waals surface area contributed by atoms with Crippen LogP contribution in [0, 0.1) is 0 Å². The van der Waals surface area contributed by atoms with Crippen LogP contribution in [0.4, 0.5) is 4.79 Å². The van der Waals surface area contributed by atoms with Crippen molar-refractivity contribution in [2.45, 2.75) is 44.2 Å². The fourth-order valence-corrected chi connectivity index (χ4v) is 3.43. The zero-order valence-corrected chi connectivity index (χ0v) is 15.3. The number of fused-ring (bicyclic) bond motifs is 1. The van der Waals surface area contributed by atoms with E-state index in [1.54, 1.807) is 11.9 Å². The fourth-order valence-electron chi connectivity index (χ4n) is 3.43. The topological polar surface area (TPSA) is 72.3 Å². The molecule has 0 saturated heterocycles. The summed E-state index contributed by atoms with van der Waals surface area (Å²) in [6.45, 7) is 1.12. The van der Waals surface area contributed by atoms with Crippen LogP contribution in [0.25, 0.3) is 0 Å². The van der Waals surface area contributed by atoms with Gasteiger partial charge in [0.2, 0.25) is 0 Å². The molecule has 26 heavy (non-hydrogen) atoms. The van der Waals surface area contributed by atoms with Crippen molar-refractivity contribution in [1.82, 2.24) is 25.0 Å². The van der Waals surface area contributed by atoms with Gasteiger partial charge >= 0.3 is 6.03 Å². The maximum Gasteiger partial charge on any atom is 0.318 e. The average molecular weight is 355 g/mol. The van der Waals surface area contributed by atoms with E-state index >= 15 is 0 Å². The van der Waals surface area contributed by atoms with Crippen molar-refractivity contribution >= 4 is 6.03 Å². The number of benzene rings is 1. The summed E-state index contributed by atoms with van der Waals surface area (Å²) in [5.74, 6) is 3.25. The van der Waals surface area contributed by atoms with Crippen molar-refractivity contribution in [3.05, 3.63) is 41.5 Å². The quantitative estimate of drug-likeness (QED) is 0.915. The van der Waals surface area contributed by atoms with Gasteiger partial charge in [-0.2, -0.15) is 0 Å². The summed E-state index contributed by atoms with van der Waals surface area (Å²) in [6.07, 6.45) is 4.15. The minimum atomic E-state index is -0.109. The van der Waals surface area contributed by atoms with Crippen LogP contribution in [0.2, 0.25) is 0 Å². The number of carbonyl (C=O) groups is 1. The minimum Gasteiger partial charge on any atom is -0.493 e. The smallest absolute Gasteiger partial charge is 0.318 e. The van der Waals surface area contributed by atoms with Crippen LogP contribution in [0.3, 0.4) is 0 Å². The molecule has 1 aliphatic carbocycles. The standard InChI is InChI=1S/C19H25N5O2/c1-23(12-17-21-22-18(24(17)2)13-9-10-13)19(25)20-15-7-5-11-26-16-8-4-3-6-14(15)16/h3-4,6,8,13,15H,5,7,9-12H2,1-2H3,(H,20,25)/t15-/m0/s1. The van der Waals surface area contributed by atoms with Gasteiger partial charge in [0.05, 0.1) is 19.2 Å². The molecular formula is C19H25N5O2. The highest BCUT2D eigenvalue weighted by Gasteiger charge is 2.30. The lowest BCUT2D eigenvalue weighted by molar-refractivity contribution is 0.200. The second-order valence-electron chi connectivity index (χ2n) is 7.19. The van der Waals surface area contributed by atoms with E-state index in [-0.39, 0.29) is 12.1 Å². The predicted molar refractivity (Wildman–Crippen MR) is 96.9 cm³/mol. The second-order valence-corrected chi connectivity index (χ2v) is 7.19. The van der Waals surface area contributed by atoms with Gasteiger partial charge in [0.25, 0.3) is 0 Å². The van der Waals surface area contributed by atoms with Crippen LogP contribution in [-0.2, 0) is 13.6 Å². The molecule has 7 nitrogen and oxygen atoms in total. The molecule has 1 aromatic carbocycles. The minimum absolute atomic E-state index is 0.0369. The van der Waals surface area contributed by atoms with Crippen molar-refractivity contribution in [1.29, 1.82) is 0 Å². The molecule has 2 heterocycles. The highest BCUT2D eigenvalue weighted by Crippen LogP contribution is 2.38. The highest BCUT2D eigenvalue weighted by molar-refractivity contribution is 5.74. The molecule has 4 rings (SSSR count). The second kappa shape index (κ2) is 6.97. The first kappa shape index (κ1) is 16.9. The summed E-state index contributed by atoms with van der Waals surface area (Å²) in [5, 5.41) is 11.7. The van der Waals surface area contributed by atoms with Crippen LogP contribution in [-0.4, -0.2) is 39.4 Å². The number of para-hydroxylation sites is 1. The first-order valence-corrected chi connectivity index (χ1v) is 9.25. The zero-order valence-electron chi connectivity index (χ0n) is 15.3. The number of nitrogens with zero attached hydrogens (tertiary/aromatic N) is 4. The summed E-state index contributed by atoms with van der Waals surface area (Å²) < 4.78 is 7.80. The van der Waals surface area contributed by atoms with E-state index in [9.17, 15) is 4.79 Å². The third-order valence-electron chi connectivity index (χ3n) is 5.15. The number of nitrogens with one attached hydrogen (secondary N) is 1. The lowest BCUT2D eigenvalue weighted by atomic mass is 10.0. The van der Waals surface area contributed by atoms with Crippen molar-refractivity contribution in [3.63, 3.8) is 0 Å². The summed E-state index contributed by atoms with van der Waals surface area (Å²) in [6, 6.07) is 7.78. The molecule has 1 aliphatic heterocycles. The maximum atomic E-state index is 12.7. The zero-order chi connectivity index (χ0) is 18.1.